The van der Waals surface area contributed by atoms with Crippen LogP contribution in [0.2, 0.25) is 0 Å². The van der Waals surface area contributed by atoms with E-state index in [-0.39, 0.29) is 5.91 Å². The minimum atomic E-state index is 0.0829. The number of amides is 1. The predicted octanol–water partition coefficient (Wildman–Crippen LogP) is 4.69. The molecule has 1 fully saturated rings. The molecule has 3 rings (SSSR count). The number of rotatable bonds is 6. The first-order valence-corrected chi connectivity index (χ1v) is 10.4. The van der Waals surface area contributed by atoms with Gasteiger partial charge in [-0.15, -0.1) is 11.3 Å². The molecule has 0 bridgehead atoms. The average Bonchev–Trinajstić information content (AvgIpc) is 3.08. The standard InChI is InChI=1S/C21H28N2O2S/c1-4-25-18-10-8-16(9-11-18)21-22-17(13-26-21)12-20(24)23-19-7-5-6-14(2)15(19)3/h8-11,13-15,19H,4-7,12H2,1-3H3,(H,23,24). The summed E-state index contributed by atoms with van der Waals surface area (Å²) in [6.07, 6.45) is 3.91. The van der Waals surface area contributed by atoms with Crippen molar-refractivity contribution in [2.45, 2.75) is 52.5 Å². The number of nitrogens with zero attached hydrogens (tertiary/aromatic N) is 1. The molecule has 3 atom stereocenters. The Hall–Kier alpha value is -1.88. The van der Waals surface area contributed by atoms with Gasteiger partial charge < -0.3 is 10.1 Å². The van der Waals surface area contributed by atoms with Gasteiger partial charge in [0.2, 0.25) is 5.91 Å². The zero-order valence-electron chi connectivity index (χ0n) is 15.8. The highest BCUT2D eigenvalue weighted by atomic mass is 32.1. The summed E-state index contributed by atoms with van der Waals surface area (Å²) in [7, 11) is 0. The molecule has 0 saturated heterocycles. The van der Waals surface area contributed by atoms with Crippen molar-refractivity contribution in [2.24, 2.45) is 11.8 Å². The summed E-state index contributed by atoms with van der Waals surface area (Å²) in [5.41, 5.74) is 1.90. The van der Waals surface area contributed by atoms with E-state index in [9.17, 15) is 4.79 Å². The minimum Gasteiger partial charge on any atom is -0.494 e. The van der Waals surface area contributed by atoms with E-state index in [1.807, 2.05) is 36.6 Å². The number of thiazole rings is 1. The van der Waals surface area contributed by atoms with Gasteiger partial charge in [0.1, 0.15) is 10.8 Å². The molecule has 1 saturated carbocycles. The summed E-state index contributed by atoms with van der Waals surface area (Å²) in [5, 5.41) is 6.15. The molecular formula is C21H28N2O2S. The summed E-state index contributed by atoms with van der Waals surface area (Å²) >= 11 is 1.58. The summed E-state index contributed by atoms with van der Waals surface area (Å²) in [4.78, 5) is 17.1. The molecule has 2 aromatic rings. The molecule has 26 heavy (non-hydrogen) atoms. The summed E-state index contributed by atoms with van der Waals surface area (Å²) in [5.74, 6) is 2.17. The zero-order valence-corrected chi connectivity index (χ0v) is 16.6. The van der Waals surface area contributed by atoms with Crippen LogP contribution in [0, 0.1) is 11.8 Å². The van der Waals surface area contributed by atoms with E-state index in [4.69, 9.17) is 4.74 Å². The first kappa shape index (κ1) is 18.9. The van der Waals surface area contributed by atoms with Gasteiger partial charge in [-0.1, -0.05) is 26.7 Å². The van der Waals surface area contributed by atoms with Gasteiger partial charge in [0.25, 0.3) is 0 Å². The second-order valence-electron chi connectivity index (χ2n) is 7.22. The Morgan fingerprint density at radius 1 is 1.27 bits per heavy atom. The second-order valence-corrected chi connectivity index (χ2v) is 8.08. The Bertz CT molecular complexity index is 726. The Morgan fingerprint density at radius 2 is 2.04 bits per heavy atom. The molecular weight excluding hydrogens is 344 g/mol. The monoisotopic (exact) mass is 372 g/mol. The number of hydrogen-bond donors (Lipinski definition) is 1. The van der Waals surface area contributed by atoms with Gasteiger partial charge in [-0.05, 0) is 49.4 Å². The van der Waals surface area contributed by atoms with Crippen LogP contribution >= 0.6 is 11.3 Å². The smallest absolute Gasteiger partial charge is 0.226 e. The quantitative estimate of drug-likeness (QED) is 0.800. The van der Waals surface area contributed by atoms with E-state index in [1.54, 1.807) is 11.3 Å². The van der Waals surface area contributed by atoms with E-state index in [1.165, 1.54) is 12.8 Å². The largest absolute Gasteiger partial charge is 0.494 e. The van der Waals surface area contributed by atoms with Crippen LogP contribution in [0.3, 0.4) is 0 Å². The van der Waals surface area contributed by atoms with Crippen LogP contribution in [-0.4, -0.2) is 23.5 Å². The number of hydrogen-bond acceptors (Lipinski definition) is 4. The van der Waals surface area contributed by atoms with Crippen LogP contribution in [0.5, 0.6) is 5.75 Å². The number of ether oxygens (including phenoxy) is 1. The molecule has 4 nitrogen and oxygen atoms in total. The van der Waals surface area contributed by atoms with Crippen molar-refractivity contribution in [1.82, 2.24) is 10.3 Å². The zero-order chi connectivity index (χ0) is 18.5. The first-order valence-electron chi connectivity index (χ1n) is 9.53. The third kappa shape index (κ3) is 4.64. The molecule has 1 amide bonds. The van der Waals surface area contributed by atoms with Crippen molar-refractivity contribution in [3.63, 3.8) is 0 Å². The highest BCUT2D eigenvalue weighted by Gasteiger charge is 2.28. The van der Waals surface area contributed by atoms with Crippen LogP contribution in [-0.2, 0) is 11.2 Å². The van der Waals surface area contributed by atoms with Gasteiger partial charge in [-0.2, -0.15) is 0 Å². The van der Waals surface area contributed by atoms with Crippen molar-refractivity contribution in [1.29, 1.82) is 0 Å². The number of nitrogens with one attached hydrogen (secondary N) is 1. The molecule has 3 unspecified atom stereocenters. The number of benzene rings is 1. The normalized spacial score (nSPS) is 22.8. The topological polar surface area (TPSA) is 51.2 Å². The SMILES string of the molecule is CCOc1ccc(-c2nc(CC(=O)NC3CCCC(C)C3C)cs2)cc1. The van der Waals surface area contributed by atoms with Gasteiger partial charge in [-0.3, -0.25) is 4.79 Å². The van der Waals surface area contributed by atoms with Crippen LogP contribution in [0.1, 0.15) is 45.7 Å². The molecule has 0 spiro atoms. The third-order valence-corrected chi connectivity index (χ3v) is 6.30. The molecule has 1 aromatic carbocycles. The first-order chi connectivity index (χ1) is 12.6. The number of carbonyl (C=O) groups is 1. The van der Waals surface area contributed by atoms with E-state index in [2.05, 4.69) is 24.1 Å². The highest BCUT2D eigenvalue weighted by molar-refractivity contribution is 7.13. The van der Waals surface area contributed by atoms with Crippen LogP contribution in [0.15, 0.2) is 29.6 Å². The fraction of sp³-hybridized carbons (Fsp3) is 0.524. The molecule has 5 heteroatoms. The van der Waals surface area contributed by atoms with Gasteiger partial charge in [0.15, 0.2) is 0 Å². The van der Waals surface area contributed by atoms with Crippen LogP contribution in [0.25, 0.3) is 10.6 Å². The van der Waals surface area contributed by atoms with Crippen molar-refractivity contribution in [2.75, 3.05) is 6.61 Å². The highest BCUT2D eigenvalue weighted by Crippen LogP contribution is 2.30. The Morgan fingerprint density at radius 3 is 2.77 bits per heavy atom. The maximum absolute atomic E-state index is 12.4. The van der Waals surface area contributed by atoms with Crippen LogP contribution < -0.4 is 10.1 Å². The van der Waals surface area contributed by atoms with Gasteiger partial charge in [-0.25, -0.2) is 4.98 Å². The number of carbonyl (C=O) groups excluding carboxylic acids is 1. The maximum atomic E-state index is 12.4. The molecule has 0 aliphatic heterocycles. The second kappa shape index (κ2) is 8.67. The van der Waals surface area contributed by atoms with E-state index >= 15 is 0 Å². The van der Waals surface area contributed by atoms with Crippen molar-refractivity contribution < 1.29 is 9.53 Å². The van der Waals surface area contributed by atoms with Gasteiger partial charge in [0.05, 0.1) is 18.7 Å². The molecule has 1 aromatic heterocycles. The van der Waals surface area contributed by atoms with E-state index < -0.39 is 0 Å². The molecule has 140 valence electrons. The maximum Gasteiger partial charge on any atom is 0.226 e. The Kier molecular flexibility index (Phi) is 6.30. The van der Waals surface area contributed by atoms with Crippen molar-refractivity contribution in [3.05, 3.63) is 35.3 Å². The lowest BCUT2D eigenvalue weighted by atomic mass is 9.78. The molecule has 1 N–H and O–H groups in total. The van der Waals surface area contributed by atoms with E-state index in [0.29, 0.717) is 30.9 Å². The van der Waals surface area contributed by atoms with Crippen LogP contribution in [0.4, 0.5) is 0 Å². The molecule has 0 radical (unpaired) electrons. The Balaban J connectivity index is 1.58. The fourth-order valence-corrected chi connectivity index (χ4v) is 4.42. The average molecular weight is 373 g/mol. The lowest BCUT2D eigenvalue weighted by Crippen LogP contribution is -2.44. The lowest BCUT2D eigenvalue weighted by molar-refractivity contribution is -0.121. The summed E-state index contributed by atoms with van der Waals surface area (Å²) in [6.45, 7) is 7.17. The number of aromatic nitrogens is 1. The van der Waals surface area contributed by atoms with E-state index in [0.717, 1.165) is 28.4 Å². The predicted molar refractivity (Wildman–Crippen MR) is 107 cm³/mol. The summed E-state index contributed by atoms with van der Waals surface area (Å²) < 4.78 is 5.47. The molecule has 1 heterocycles. The third-order valence-electron chi connectivity index (χ3n) is 5.36. The van der Waals surface area contributed by atoms with Gasteiger partial charge in [0, 0.05) is 17.0 Å². The Labute approximate surface area is 160 Å². The lowest BCUT2D eigenvalue weighted by Gasteiger charge is -2.34. The molecule has 1 aliphatic rings. The summed E-state index contributed by atoms with van der Waals surface area (Å²) in [6, 6.07) is 8.24. The van der Waals surface area contributed by atoms with Crippen molar-refractivity contribution >= 4 is 17.2 Å². The fourth-order valence-electron chi connectivity index (χ4n) is 3.59. The van der Waals surface area contributed by atoms with Gasteiger partial charge >= 0.3 is 0 Å². The minimum absolute atomic E-state index is 0.0829. The van der Waals surface area contributed by atoms with Crippen molar-refractivity contribution in [3.8, 4) is 16.3 Å². The molecule has 1 aliphatic carbocycles.